The molecular weight excluding hydrogens is 239 g/mol. The van der Waals surface area contributed by atoms with Gasteiger partial charge in [0.15, 0.2) is 0 Å². The van der Waals surface area contributed by atoms with Crippen LogP contribution in [0.3, 0.4) is 0 Å². The van der Waals surface area contributed by atoms with Crippen molar-refractivity contribution in [3.8, 4) is 0 Å². The van der Waals surface area contributed by atoms with Gasteiger partial charge in [0.2, 0.25) is 0 Å². The van der Waals surface area contributed by atoms with Crippen LogP contribution in [0.4, 0.5) is 0 Å². The molecule has 2 aromatic heterocycles. The molecule has 0 bridgehead atoms. The van der Waals surface area contributed by atoms with Crippen molar-refractivity contribution in [1.29, 1.82) is 0 Å². The molecule has 17 heavy (non-hydrogen) atoms. The fourth-order valence-corrected chi connectivity index (χ4v) is 2.72. The van der Waals surface area contributed by atoms with Gasteiger partial charge in [0, 0.05) is 4.88 Å². The lowest BCUT2D eigenvalue weighted by Crippen LogP contribution is -2.14. The molecule has 0 atom stereocenters. The van der Waals surface area contributed by atoms with Gasteiger partial charge in [-0.1, -0.05) is 6.32 Å². The SMILES string of the molecule is BCCc1cc2oc(=O)c(C(=O)OC)cc2s1. The van der Waals surface area contributed by atoms with Crippen molar-refractivity contribution >= 4 is 35.4 Å². The third kappa shape index (κ3) is 2.26. The Balaban J connectivity index is 2.55. The minimum atomic E-state index is -0.661. The Bertz CT molecular complexity index is 613. The Morgan fingerprint density at radius 3 is 2.94 bits per heavy atom. The summed E-state index contributed by atoms with van der Waals surface area (Å²) in [7, 11) is 3.32. The molecule has 0 radical (unpaired) electrons. The average Bonchev–Trinajstić information content (AvgIpc) is 2.69. The fraction of sp³-hybridized carbons (Fsp3) is 0.273. The van der Waals surface area contributed by atoms with Crippen LogP contribution in [0.2, 0.25) is 6.32 Å². The zero-order valence-corrected chi connectivity index (χ0v) is 10.4. The van der Waals surface area contributed by atoms with Crippen LogP contribution in [0, 0.1) is 0 Å². The second-order valence-corrected chi connectivity index (χ2v) is 4.80. The van der Waals surface area contributed by atoms with Crippen molar-refractivity contribution in [1.82, 2.24) is 0 Å². The highest BCUT2D eigenvalue weighted by Crippen LogP contribution is 2.26. The van der Waals surface area contributed by atoms with Crippen molar-refractivity contribution in [2.45, 2.75) is 12.7 Å². The van der Waals surface area contributed by atoms with E-state index >= 15 is 0 Å². The first kappa shape index (κ1) is 11.9. The molecule has 0 N–H and O–H groups in total. The Morgan fingerprint density at radius 1 is 1.53 bits per heavy atom. The van der Waals surface area contributed by atoms with Gasteiger partial charge in [-0.3, -0.25) is 0 Å². The Hall–Kier alpha value is -1.56. The van der Waals surface area contributed by atoms with Gasteiger partial charge in [-0.25, -0.2) is 9.59 Å². The van der Waals surface area contributed by atoms with Gasteiger partial charge in [0.25, 0.3) is 0 Å². The molecule has 0 amide bonds. The summed E-state index contributed by atoms with van der Waals surface area (Å²) in [5.74, 6) is -0.661. The van der Waals surface area contributed by atoms with Gasteiger partial charge in [-0.15, -0.1) is 11.3 Å². The summed E-state index contributed by atoms with van der Waals surface area (Å²) in [5.41, 5.74) is -0.161. The molecule has 0 aliphatic heterocycles. The number of thiophene rings is 1. The van der Waals surface area contributed by atoms with Crippen LogP contribution >= 0.6 is 11.3 Å². The maximum absolute atomic E-state index is 11.5. The number of carbonyl (C=O) groups excluding carboxylic acids is 1. The number of hydrogen-bond donors (Lipinski definition) is 0. The highest BCUT2D eigenvalue weighted by molar-refractivity contribution is 7.19. The highest BCUT2D eigenvalue weighted by atomic mass is 32.1. The van der Waals surface area contributed by atoms with Gasteiger partial charge in [-0.2, -0.15) is 0 Å². The number of carbonyl (C=O) groups is 1. The minimum absolute atomic E-state index is 0.0510. The summed E-state index contributed by atoms with van der Waals surface area (Å²) in [5, 5.41) is 0. The molecule has 0 saturated carbocycles. The molecule has 0 aliphatic carbocycles. The molecule has 0 fully saturated rings. The summed E-state index contributed by atoms with van der Waals surface area (Å²) in [4.78, 5) is 24.0. The van der Waals surface area contributed by atoms with Gasteiger partial charge in [0.05, 0.1) is 11.8 Å². The number of fused-ring (bicyclic) bond motifs is 1. The number of rotatable bonds is 3. The first-order valence-corrected chi connectivity index (χ1v) is 6.12. The van der Waals surface area contributed by atoms with E-state index in [-0.39, 0.29) is 5.56 Å². The van der Waals surface area contributed by atoms with Crippen molar-refractivity contribution in [2.24, 2.45) is 0 Å². The Kier molecular flexibility index (Phi) is 3.33. The largest absolute Gasteiger partial charge is 0.465 e. The van der Waals surface area contributed by atoms with E-state index in [1.165, 1.54) is 24.5 Å². The lowest BCUT2D eigenvalue weighted by molar-refractivity contribution is 0.0596. The van der Waals surface area contributed by atoms with Gasteiger partial charge < -0.3 is 9.15 Å². The zero-order valence-electron chi connectivity index (χ0n) is 9.61. The first-order chi connectivity index (χ1) is 8.15. The van der Waals surface area contributed by atoms with E-state index in [4.69, 9.17) is 4.42 Å². The molecule has 88 valence electrons. The molecule has 2 heterocycles. The van der Waals surface area contributed by atoms with Crippen molar-refractivity contribution < 1.29 is 13.9 Å². The van der Waals surface area contributed by atoms with Crippen LogP contribution in [0.5, 0.6) is 0 Å². The predicted octanol–water partition coefficient (Wildman–Crippen LogP) is 1.23. The monoisotopic (exact) mass is 250 g/mol. The van der Waals surface area contributed by atoms with Gasteiger partial charge >= 0.3 is 11.6 Å². The third-order valence-electron chi connectivity index (χ3n) is 2.38. The van der Waals surface area contributed by atoms with Crippen LogP contribution < -0.4 is 5.63 Å². The first-order valence-electron chi connectivity index (χ1n) is 5.30. The quantitative estimate of drug-likeness (QED) is 0.607. The summed E-state index contributed by atoms with van der Waals surface area (Å²) >= 11 is 1.53. The molecule has 0 spiro atoms. The maximum Gasteiger partial charge on any atom is 0.351 e. The molecule has 4 nitrogen and oxygen atoms in total. The van der Waals surface area contributed by atoms with Crippen LogP contribution in [0.25, 0.3) is 10.3 Å². The molecular formula is C11H11BO4S. The van der Waals surface area contributed by atoms with Crippen LogP contribution in [0.1, 0.15) is 15.2 Å². The van der Waals surface area contributed by atoms with E-state index in [1.807, 2.05) is 6.07 Å². The predicted molar refractivity (Wildman–Crippen MR) is 68.8 cm³/mol. The van der Waals surface area contributed by atoms with Crippen molar-refractivity contribution in [3.05, 3.63) is 33.0 Å². The number of hydrogen-bond acceptors (Lipinski definition) is 5. The summed E-state index contributed by atoms with van der Waals surface area (Å²) < 4.78 is 10.4. The zero-order chi connectivity index (χ0) is 12.4. The molecule has 0 unspecified atom stereocenters. The van der Waals surface area contributed by atoms with E-state index in [0.29, 0.717) is 5.58 Å². The smallest absolute Gasteiger partial charge is 0.351 e. The van der Waals surface area contributed by atoms with Gasteiger partial charge in [-0.05, 0) is 18.6 Å². The molecule has 0 aromatic carbocycles. The van der Waals surface area contributed by atoms with Crippen LogP contribution in [-0.4, -0.2) is 20.9 Å². The molecule has 0 aliphatic rings. The standard InChI is InChI=1S/C11H11BO4S/c1-15-10(13)7-5-9-8(16-11(7)14)4-6(17-9)2-3-12/h4-5H,2-3,12H2,1H3. The summed E-state index contributed by atoms with van der Waals surface area (Å²) in [6.45, 7) is 0. The summed E-state index contributed by atoms with van der Waals surface area (Å²) in [6, 6.07) is 3.39. The second-order valence-electron chi connectivity index (χ2n) is 3.63. The molecule has 2 aromatic rings. The maximum atomic E-state index is 11.5. The Labute approximate surface area is 103 Å². The molecule has 2 rings (SSSR count). The van der Waals surface area contributed by atoms with Crippen molar-refractivity contribution in [3.63, 3.8) is 0 Å². The lowest BCUT2D eigenvalue weighted by atomic mass is 10.0. The number of esters is 1. The number of aryl methyl sites for hydroxylation is 1. The van der Waals surface area contributed by atoms with E-state index in [2.05, 4.69) is 12.6 Å². The van der Waals surface area contributed by atoms with Crippen LogP contribution in [0.15, 0.2) is 21.3 Å². The van der Waals surface area contributed by atoms with E-state index < -0.39 is 11.6 Å². The van der Waals surface area contributed by atoms with E-state index in [0.717, 1.165) is 22.3 Å². The highest BCUT2D eigenvalue weighted by Gasteiger charge is 2.15. The lowest BCUT2D eigenvalue weighted by Gasteiger charge is -1.96. The molecule has 0 saturated heterocycles. The fourth-order valence-electron chi connectivity index (χ4n) is 1.59. The minimum Gasteiger partial charge on any atom is -0.465 e. The van der Waals surface area contributed by atoms with Crippen LogP contribution in [-0.2, 0) is 11.2 Å². The molecule has 6 heteroatoms. The second kappa shape index (κ2) is 4.75. The normalized spacial score (nSPS) is 10.6. The van der Waals surface area contributed by atoms with E-state index in [1.54, 1.807) is 0 Å². The Morgan fingerprint density at radius 2 is 2.29 bits per heavy atom. The third-order valence-corrected chi connectivity index (χ3v) is 3.50. The number of ether oxygens (including phenoxy) is 1. The van der Waals surface area contributed by atoms with Gasteiger partial charge in [0.1, 0.15) is 19.0 Å². The topological polar surface area (TPSA) is 56.5 Å². The van der Waals surface area contributed by atoms with Crippen molar-refractivity contribution in [2.75, 3.05) is 7.11 Å². The summed E-state index contributed by atoms with van der Waals surface area (Å²) in [6.07, 6.45) is 1.97. The average molecular weight is 250 g/mol. The van der Waals surface area contributed by atoms with E-state index in [9.17, 15) is 9.59 Å². The number of methoxy groups -OCH3 is 1.